The molecule has 0 saturated heterocycles. The average Bonchev–Trinajstić information content (AvgIpc) is 2.18. The first-order valence-electron chi connectivity index (χ1n) is 4.49. The van der Waals surface area contributed by atoms with E-state index in [2.05, 4.69) is 4.98 Å². The maximum Gasteiger partial charge on any atom is 0.314 e. The minimum Gasteiger partial charge on any atom is -0.392 e. The van der Waals surface area contributed by atoms with Gasteiger partial charge in [0.15, 0.2) is 0 Å². The molecule has 0 fully saturated rings. The van der Waals surface area contributed by atoms with Crippen LogP contribution in [0.4, 0.5) is 0 Å². The molecule has 0 unspecified atom stereocenters. The van der Waals surface area contributed by atoms with Gasteiger partial charge < -0.3 is 4.18 Å². The molecule has 76 valence electrons. The fourth-order valence-electron chi connectivity index (χ4n) is 0.983. The van der Waals surface area contributed by atoms with Crippen molar-refractivity contribution in [2.75, 3.05) is 5.75 Å². The van der Waals surface area contributed by atoms with Crippen molar-refractivity contribution in [1.82, 2.24) is 4.98 Å². The minimum atomic E-state index is -0.243. The van der Waals surface area contributed by atoms with Crippen molar-refractivity contribution in [3.8, 4) is 0 Å². The summed E-state index contributed by atoms with van der Waals surface area (Å²) >= 11 is 1.20. The molecule has 0 aliphatic heterocycles. The van der Waals surface area contributed by atoms with Crippen molar-refractivity contribution >= 4 is 18.0 Å². The van der Waals surface area contributed by atoms with Gasteiger partial charge in [0.1, 0.15) is 0 Å². The zero-order valence-electron chi connectivity index (χ0n) is 8.10. The van der Waals surface area contributed by atoms with Gasteiger partial charge in [-0.15, -0.1) is 0 Å². The number of carbonyl (C=O) groups is 1. The zero-order valence-corrected chi connectivity index (χ0v) is 8.92. The van der Waals surface area contributed by atoms with Crippen molar-refractivity contribution in [3.05, 3.63) is 30.1 Å². The summed E-state index contributed by atoms with van der Waals surface area (Å²) in [4.78, 5) is 14.6. The van der Waals surface area contributed by atoms with Crippen molar-refractivity contribution < 1.29 is 8.98 Å². The molecule has 0 N–H and O–H groups in total. The van der Waals surface area contributed by atoms with Crippen LogP contribution in [0.2, 0.25) is 0 Å². The lowest BCUT2D eigenvalue weighted by atomic mass is 10.2. The van der Waals surface area contributed by atoms with E-state index in [9.17, 15) is 4.79 Å². The molecule has 1 aromatic rings. The van der Waals surface area contributed by atoms with Crippen LogP contribution in [0.3, 0.4) is 0 Å². The van der Waals surface area contributed by atoms with E-state index in [1.165, 1.54) is 19.0 Å². The maximum atomic E-state index is 10.4. The lowest BCUT2D eigenvalue weighted by Crippen LogP contribution is -1.94. The van der Waals surface area contributed by atoms with Crippen molar-refractivity contribution in [2.45, 2.75) is 19.8 Å². The van der Waals surface area contributed by atoms with Crippen LogP contribution in [0.5, 0.6) is 0 Å². The van der Waals surface area contributed by atoms with E-state index in [0.29, 0.717) is 0 Å². The van der Waals surface area contributed by atoms with E-state index in [-0.39, 0.29) is 5.97 Å². The van der Waals surface area contributed by atoms with Crippen LogP contribution in [-0.2, 0) is 15.4 Å². The lowest BCUT2D eigenvalue weighted by molar-refractivity contribution is -0.130. The van der Waals surface area contributed by atoms with Gasteiger partial charge in [-0.05, 0) is 25.0 Å². The second kappa shape index (κ2) is 6.43. The summed E-state index contributed by atoms with van der Waals surface area (Å²) in [5, 5.41) is 0. The summed E-state index contributed by atoms with van der Waals surface area (Å²) in [5.41, 5.74) is 1.08. The Morgan fingerprint density at radius 1 is 1.57 bits per heavy atom. The highest BCUT2D eigenvalue weighted by atomic mass is 32.2. The zero-order chi connectivity index (χ0) is 10.2. The van der Waals surface area contributed by atoms with Gasteiger partial charge in [-0.1, -0.05) is 6.07 Å². The predicted molar refractivity (Wildman–Crippen MR) is 56.8 cm³/mol. The topological polar surface area (TPSA) is 39.2 Å². The number of nitrogens with zero attached hydrogens (tertiary/aromatic N) is 1. The highest BCUT2D eigenvalue weighted by Crippen LogP contribution is 2.07. The first-order chi connectivity index (χ1) is 6.79. The smallest absolute Gasteiger partial charge is 0.314 e. The van der Waals surface area contributed by atoms with E-state index in [4.69, 9.17) is 4.18 Å². The molecule has 1 rings (SSSR count). The van der Waals surface area contributed by atoms with Gasteiger partial charge in [0.25, 0.3) is 0 Å². The number of pyridine rings is 1. The van der Waals surface area contributed by atoms with E-state index in [0.717, 1.165) is 24.3 Å². The molecule has 0 aliphatic rings. The Morgan fingerprint density at radius 2 is 2.43 bits per heavy atom. The summed E-state index contributed by atoms with van der Waals surface area (Å²) in [6.45, 7) is 1.41. The van der Waals surface area contributed by atoms with E-state index in [1.54, 1.807) is 6.20 Å². The third-order valence-corrected chi connectivity index (χ3v) is 2.37. The number of hydrogen-bond donors (Lipinski definition) is 0. The molecular formula is C10H13NO2S. The molecule has 4 heteroatoms. The highest BCUT2D eigenvalue weighted by Gasteiger charge is 1.96. The molecule has 1 aromatic heterocycles. The number of carbonyl (C=O) groups excluding carboxylic acids is 1. The molecule has 14 heavy (non-hydrogen) atoms. The Kier molecular flexibility index (Phi) is 5.07. The minimum absolute atomic E-state index is 0.243. The van der Waals surface area contributed by atoms with Crippen LogP contribution in [0.15, 0.2) is 24.4 Å². The summed E-state index contributed by atoms with van der Waals surface area (Å²) in [5.74, 6) is 0.573. The Morgan fingerprint density at radius 3 is 3.07 bits per heavy atom. The molecule has 1 heterocycles. The second-order valence-corrected chi connectivity index (χ2v) is 3.63. The maximum absolute atomic E-state index is 10.4. The highest BCUT2D eigenvalue weighted by molar-refractivity contribution is 7.95. The van der Waals surface area contributed by atoms with Crippen molar-refractivity contribution in [1.29, 1.82) is 0 Å². The molecule has 0 aromatic carbocycles. The Labute approximate surface area is 88.1 Å². The van der Waals surface area contributed by atoms with Gasteiger partial charge in [0.2, 0.25) is 0 Å². The quantitative estimate of drug-likeness (QED) is 0.553. The molecular weight excluding hydrogens is 198 g/mol. The SMILES string of the molecule is CC(=O)OSCCCc1ccccn1. The van der Waals surface area contributed by atoms with E-state index >= 15 is 0 Å². The third kappa shape index (κ3) is 4.87. The van der Waals surface area contributed by atoms with Crippen LogP contribution in [0.1, 0.15) is 19.0 Å². The average molecular weight is 211 g/mol. The molecule has 0 atom stereocenters. The van der Waals surface area contributed by atoms with Gasteiger partial charge in [0, 0.05) is 24.6 Å². The van der Waals surface area contributed by atoms with Gasteiger partial charge >= 0.3 is 5.97 Å². The Balaban J connectivity index is 2.08. The number of aromatic nitrogens is 1. The third-order valence-electron chi connectivity index (χ3n) is 1.56. The normalized spacial score (nSPS) is 9.79. The summed E-state index contributed by atoms with van der Waals surface area (Å²) < 4.78 is 4.74. The fourth-order valence-corrected chi connectivity index (χ4v) is 1.49. The monoisotopic (exact) mass is 211 g/mol. The van der Waals surface area contributed by atoms with Gasteiger partial charge in [-0.25, -0.2) is 0 Å². The molecule has 0 amide bonds. The van der Waals surface area contributed by atoms with Crippen molar-refractivity contribution in [3.63, 3.8) is 0 Å². The van der Waals surface area contributed by atoms with Gasteiger partial charge in [0.05, 0.1) is 12.0 Å². The summed E-state index contributed by atoms with van der Waals surface area (Å²) in [7, 11) is 0. The number of rotatable bonds is 5. The van der Waals surface area contributed by atoms with E-state index in [1.807, 2.05) is 18.2 Å². The number of aryl methyl sites for hydroxylation is 1. The Bertz CT molecular complexity index is 277. The standard InChI is InChI=1S/C10H13NO2S/c1-9(12)13-14-8-4-6-10-5-2-3-7-11-10/h2-3,5,7H,4,6,8H2,1H3. The fraction of sp³-hybridized carbons (Fsp3) is 0.400. The van der Waals surface area contributed by atoms with Crippen LogP contribution in [0.25, 0.3) is 0 Å². The second-order valence-electron chi connectivity index (χ2n) is 2.82. The lowest BCUT2D eigenvalue weighted by Gasteiger charge is -1.99. The van der Waals surface area contributed by atoms with Crippen molar-refractivity contribution in [2.24, 2.45) is 0 Å². The van der Waals surface area contributed by atoms with Crippen LogP contribution in [0, 0.1) is 0 Å². The molecule has 0 radical (unpaired) electrons. The largest absolute Gasteiger partial charge is 0.392 e. The van der Waals surface area contributed by atoms with E-state index < -0.39 is 0 Å². The van der Waals surface area contributed by atoms with Crippen LogP contribution in [-0.4, -0.2) is 16.7 Å². The van der Waals surface area contributed by atoms with Gasteiger partial charge in [-0.2, -0.15) is 0 Å². The first-order valence-corrected chi connectivity index (χ1v) is 5.40. The van der Waals surface area contributed by atoms with Gasteiger partial charge in [-0.3, -0.25) is 9.78 Å². The molecule has 0 saturated carbocycles. The number of hydrogen-bond acceptors (Lipinski definition) is 4. The molecule has 0 bridgehead atoms. The molecule has 0 aliphatic carbocycles. The molecule has 3 nitrogen and oxygen atoms in total. The Hall–Kier alpha value is -1.03. The first kappa shape index (κ1) is 11.0. The molecule has 0 spiro atoms. The summed E-state index contributed by atoms with van der Waals surface area (Å²) in [6, 6.07) is 5.87. The summed E-state index contributed by atoms with van der Waals surface area (Å²) in [6.07, 6.45) is 3.68. The van der Waals surface area contributed by atoms with Crippen LogP contribution >= 0.6 is 12.0 Å². The predicted octanol–water partition coefficient (Wildman–Crippen LogP) is 2.23. The van der Waals surface area contributed by atoms with Crippen LogP contribution < -0.4 is 0 Å².